The summed E-state index contributed by atoms with van der Waals surface area (Å²) in [5.41, 5.74) is 8.91. The van der Waals surface area contributed by atoms with Gasteiger partial charge in [-0.15, -0.1) is 0 Å². The number of aromatic nitrogens is 4. The Balaban J connectivity index is 0.000000161. The van der Waals surface area contributed by atoms with Crippen molar-refractivity contribution in [3.8, 4) is 28.1 Å². The molecule has 9 heterocycles. The zero-order chi connectivity index (χ0) is 45.1. The van der Waals surface area contributed by atoms with Crippen molar-refractivity contribution in [2.24, 2.45) is 0 Å². The number of pyridine rings is 4. The minimum absolute atomic E-state index is 0. The molecule has 0 N–H and O–H groups in total. The molecule has 7 aliphatic rings. The molecule has 12 nitrogen and oxygen atoms in total. The quantitative estimate of drug-likeness (QED) is 0.102. The summed E-state index contributed by atoms with van der Waals surface area (Å²) in [6.07, 6.45) is 19.4. The molecule has 5 aliphatic heterocycles. The SMILES string of the molecule is C.C.O=C1N(C2CC2)c2cnc3ccc(-c4ccc(F)nc4)cc3c2C12CCOCC2.O=C1N(C2CC2)c2cnc3ccc(-c4ccc(OCCCN5CCCCC5)nc4)cc3c2C12CCOCC2. The molecule has 0 unspecified atom stereocenters. The minimum Gasteiger partial charge on any atom is -0.478 e. The molecule has 0 atom stereocenters. The second-order valence-corrected chi connectivity index (χ2v) is 19.6. The average molecular weight is 934 g/mol. The highest BCUT2D eigenvalue weighted by molar-refractivity contribution is 6.14. The molecule has 2 aliphatic carbocycles. The molecule has 5 fully saturated rings. The van der Waals surface area contributed by atoms with Gasteiger partial charge in [0.1, 0.15) is 0 Å². The number of carbonyl (C=O) groups excluding carboxylic acids is 2. The number of ether oxygens (including phenoxy) is 3. The van der Waals surface area contributed by atoms with Crippen LogP contribution in [0.15, 0.2) is 85.5 Å². The third-order valence-corrected chi connectivity index (χ3v) is 15.4. The Hall–Kier alpha value is -5.89. The molecule has 6 aromatic rings. The van der Waals surface area contributed by atoms with Gasteiger partial charge in [0.2, 0.25) is 23.6 Å². The maximum atomic E-state index is 13.9. The highest BCUT2D eigenvalue weighted by Crippen LogP contribution is 2.55. The number of likely N-dealkylation sites (tertiary alicyclic amines) is 1. The highest BCUT2D eigenvalue weighted by atomic mass is 19.1. The molecule has 0 bridgehead atoms. The smallest absolute Gasteiger partial charge is 0.238 e. The first-order chi connectivity index (χ1) is 32.9. The fraction of sp³-hybridized carbons (Fsp3) is 0.464. The lowest BCUT2D eigenvalue weighted by atomic mass is 9.74. The number of piperidine rings is 1. The first-order valence-electron chi connectivity index (χ1n) is 24.5. The van der Waals surface area contributed by atoms with Crippen molar-refractivity contribution in [2.75, 3.05) is 62.5 Å². The van der Waals surface area contributed by atoms with Crippen LogP contribution in [0.4, 0.5) is 15.8 Å². The van der Waals surface area contributed by atoms with Gasteiger partial charge in [-0.25, -0.2) is 9.97 Å². The Bertz CT molecular complexity index is 2850. The lowest BCUT2D eigenvalue weighted by molar-refractivity contribution is -0.127. The van der Waals surface area contributed by atoms with E-state index in [2.05, 4.69) is 55.1 Å². The molecule has 2 aromatic carbocycles. The number of fused-ring (bicyclic) bond motifs is 8. The number of carbonyl (C=O) groups is 2. The molecule has 4 aromatic heterocycles. The zero-order valence-corrected chi connectivity index (χ0v) is 37.9. The lowest BCUT2D eigenvalue weighted by Crippen LogP contribution is -2.44. The summed E-state index contributed by atoms with van der Waals surface area (Å²) >= 11 is 0. The van der Waals surface area contributed by atoms with E-state index in [1.54, 1.807) is 12.3 Å². The summed E-state index contributed by atoms with van der Waals surface area (Å²) in [5.74, 6) is 0.634. The van der Waals surface area contributed by atoms with Crippen LogP contribution in [0.1, 0.15) is 103 Å². The van der Waals surface area contributed by atoms with Crippen LogP contribution in [0.5, 0.6) is 5.88 Å². The van der Waals surface area contributed by atoms with Gasteiger partial charge in [-0.1, -0.05) is 33.4 Å². The molecule has 13 rings (SSSR count). The predicted molar refractivity (Wildman–Crippen MR) is 268 cm³/mol. The molecule has 69 heavy (non-hydrogen) atoms. The van der Waals surface area contributed by atoms with Gasteiger partial charge in [0.05, 0.1) is 52.2 Å². The molecule has 0 radical (unpaired) electrons. The first-order valence-corrected chi connectivity index (χ1v) is 24.5. The number of halogens is 1. The van der Waals surface area contributed by atoms with E-state index in [4.69, 9.17) is 19.2 Å². The number of nitrogens with zero attached hydrogens (tertiary/aromatic N) is 7. The van der Waals surface area contributed by atoms with Crippen LogP contribution in [0.25, 0.3) is 44.1 Å². The topological polar surface area (TPSA) is 123 Å². The molecular formula is C56H64FN7O5. The van der Waals surface area contributed by atoms with E-state index in [1.807, 2.05) is 41.7 Å². The third-order valence-electron chi connectivity index (χ3n) is 15.4. The van der Waals surface area contributed by atoms with Crippen LogP contribution < -0.4 is 14.5 Å². The van der Waals surface area contributed by atoms with E-state index in [1.165, 1.54) is 38.4 Å². The summed E-state index contributed by atoms with van der Waals surface area (Å²) in [7, 11) is 0. The monoisotopic (exact) mass is 933 g/mol. The van der Waals surface area contributed by atoms with Crippen molar-refractivity contribution in [1.82, 2.24) is 24.8 Å². The van der Waals surface area contributed by atoms with Crippen LogP contribution in [0.3, 0.4) is 0 Å². The maximum Gasteiger partial charge on any atom is 0.238 e. The van der Waals surface area contributed by atoms with Crippen molar-refractivity contribution in [3.05, 3.63) is 103 Å². The van der Waals surface area contributed by atoms with Crippen LogP contribution in [-0.4, -0.2) is 101 Å². The number of benzene rings is 2. The van der Waals surface area contributed by atoms with Crippen LogP contribution >= 0.6 is 0 Å². The van der Waals surface area contributed by atoms with Crippen molar-refractivity contribution in [1.29, 1.82) is 0 Å². The van der Waals surface area contributed by atoms with E-state index >= 15 is 0 Å². The molecule has 2 spiro atoms. The van der Waals surface area contributed by atoms with Gasteiger partial charge >= 0.3 is 0 Å². The fourth-order valence-electron chi connectivity index (χ4n) is 11.6. The standard InChI is InChI=1S/C31H36N4O3.C23H20FN3O2.2CH4/c36-30-31(11-17-37-18-12-31)29-25-19-22(5-9-26(25)32-21-27(29)35(30)24-7-8-24)23-6-10-28(33-20-23)38-16-4-15-34-13-2-1-3-14-34;24-20-6-2-15(12-26-20)14-1-5-18-17(11-14)21-19(13-25-18)27(16-3-4-16)22(28)23(21)7-9-29-10-8-23;;/h5-6,9-10,19-21,24H,1-4,7-8,11-18H2;1-2,5-6,11-13,16H,3-4,7-10H2;2*1H4. The molecular weight excluding hydrogens is 870 g/mol. The fourth-order valence-corrected chi connectivity index (χ4v) is 11.6. The summed E-state index contributed by atoms with van der Waals surface area (Å²) in [5, 5.41) is 2.08. The number of hydrogen-bond acceptors (Lipinski definition) is 10. The van der Waals surface area contributed by atoms with Crippen molar-refractivity contribution in [3.63, 3.8) is 0 Å². The van der Waals surface area contributed by atoms with Crippen LogP contribution in [0, 0.1) is 5.95 Å². The summed E-state index contributed by atoms with van der Waals surface area (Å²) in [6.45, 7) is 6.66. The molecule has 3 saturated heterocycles. The summed E-state index contributed by atoms with van der Waals surface area (Å²) < 4.78 is 30.5. The van der Waals surface area contributed by atoms with Crippen LogP contribution in [0.2, 0.25) is 0 Å². The van der Waals surface area contributed by atoms with Crippen molar-refractivity contribution < 1.29 is 28.2 Å². The Morgan fingerprint density at radius 1 is 0.594 bits per heavy atom. The van der Waals surface area contributed by atoms with E-state index in [0.29, 0.717) is 63.8 Å². The Morgan fingerprint density at radius 2 is 1.09 bits per heavy atom. The second kappa shape index (κ2) is 19.1. The van der Waals surface area contributed by atoms with E-state index < -0.39 is 16.8 Å². The van der Waals surface area contributed by atoms with Crippen molar-refractivity contribution >= 4 is 45.0 Å². The number of rotatable bonds is 9. The van der Waals surface area contributed by atoms with Gasteiger partial charge in [-0.3, -0.25) is 19.6 Å². The van der Waals surface area contributed by atoms with Gasteiger partial charge in [0.25, 0.3) is 0 Å². The van der Waals surface area contributed by atoms with Gasteiger partial charge in [0.15, 0.2) is 0 Å². The number of anilines is 2. The maximum absolute atomic E-state index is 13.9. The van der Waals surface area contributed by atoms with Crippen molar-refractivity contribution in [2.45, 2.75) is 115 Å². The zero-order valence-electron chi connectivity index (χ0n) is 37.9. The third kappa shape index (κ3) is 8.44. The molecule has 13 heteroatoms. The largest absolute Gasteiger partial charge is 0.478 e. The number of amides is 2. The minimum atomic E-state index is -0.531. The predicted octanol–water partition coefficient (Wildman–Crippen LogP) is 10.4. The van der Waals surface area contributed by atoms with E-state index in [9.17, 15) is 14.0 Å². The Labute approximate surface area is 404 Å². The van der Waals surface area contributed by atoms with Gasteiger partial charge in [0, 0.05) is 96.5 Å². The molecule has 2 saturated carbocycles. The lowest BCUT2D eigenvalue weighted by Gasteiger charge is -2.33. The van der Waals surface area contributed by atoms with E-state index in [0.717, 1.165) is 118 Å². The Kier molecular flexibility index (Phi) is 13.0. The van der Waals surface area contributed by atoms with E-state index in [-0.39, 0.29) is 26.7 Å². The molecule has 2 amide bonds. The van der Waals surface area contributed by atoms with Gasteiger partial charge in [-0.05, 0) is 137 Å². The molecule has 360 valence electrons. The van der Waals surface area contributed by atoms with Gasteiger partial charge < -0.3 is 28.9 Å². The normalized spacial score (nSPS) is 20.3. The summed E-state index contributed by atoms with van der Waals surface area (Å²) in [6, 6.07) is 20.2. The first kappa shape index (κ1) is 46.8. The number of hydrogen-bond donors (Lipinski definition) is 0. The highest BCUT2D eigenvalue weighted by Gasteiger charge is 2.57. The average Bonchev–Trinajstić information content (AvgIpc) is 4.33. The van der Waals surface area contributed by atoms with Gasteiger partial charge in [-0.2, -0.15) is 4.39 Å². The second-order valence-electron chi connectivity index (χ2n) is 19.6. The summed E-state index contributed by atoms with van der Waals surface area (Å²) in [4.78, 5) is 52.0. The van der Waals surface area contributed by atoms with Crippen LogP contribution in [-0.2, 0) is 29.9 Å². The Morgan fingerprint density at radius 3 is 1.55 bits per heavy atom.